The third-order valence-electron chi connectivity index (χ3n) is 3.46. The van der Waals surface area contributed by atoms with Gasteiger partial charge in [-0.3, -0.25) is 4.68 Å². The summed E-state index contributed by atoms with van der Waals surface area (Å²) in [7, 11) is 1.60. The van der Waals surface area contributed by atoms with E-state index in [1.807, 2.05) is 17.7 Å². The summed E-state index contributed by atoms with van der Waals surface area (Å²) in [4.78, 5) is 0.962. The van der Waals surface area contributed by atoms with Crippen molar-refractivity contribution in [2.24, 2.45) is 5.73 Å². The molecule has 110 valence electrons. The summed E-state index contributed by atoms with van der Waals surface area (Å²) in [5.41, 5.74) is 7.23. The third kappa shape index (κ3) is 2.41. The van der Waals surface area contributed by atoms with Crippen molar-refractivity contribution in [3.8, 4) is 5.75 Å². The number of nitrogens with two attached hydrogens (primary N) is 1. The first-order valence-electron chi connectivity index (χ1n) is 6.68. The molecule has 0 aliphatic carbocycles. The predicted molar refractivity (Wildman–Crippen MR) is 82.3 cm³/mol. The highest BCUT2D eigenvalue weighted by atomic mass is 32.1. The molecular weight excluding hydrogens is 289 g/mol. The summed E-state index contributed by atoms with van der Waals surface area (Å²) in [6, 6.07) is 6.35. The first kappa shape index (κ1) is 14.0. The van der Waals surface area contributed by atoms with Crippen molar-refractivity contribution < 1.29 is 9.13 Å². The fourth-order valence-electron chi connectivity index (χ4n) is 2.42. The molecule has 3 rings (SSSR count). The monoisotopic (exact) mass is 305 g/mol. The van der Waals surface area contributed by atoms with Crippen molar-refractivity contribution in [1.29, 1.82) is 0 Å². The number of fused-ring (bicyclic) bond motifs is 1. The molecule has 21 heavy (non-hydrogen) atoms. The van der Waals surface area contributed by atoms with Gasteiger partial charge in [0.15, 0.2) is 5.75 Å². The quantitative estimate of drug-likeness (QED) is 0.804. The zero-order chi connectivity index (χ0) is 15.0. The molecular formula is C15H16FN3OS. The number of benzene rings is 1. The lowest BCUT2D eigenvalue weighted by molar-refractivity contribution is 0.405. The molecule has 1 aromatic carbocycles. The number of nitrogens with zero attached hydrogens (tertiary/aromatic N) is 2. The normalized spacial score (nSPS) is 12.8. The molecule has 1 atom stereocenters. The lowest BCUT2D eigenvalue weighted by atomic mass is 10.1. The van der Waals surface area contributed by atoms with Crippen LogP contribution in [0, 0.1) is 5.82 Å². The van der Waals surface area contributed by atoms with Gasteiger partial charge in [-0.2, -0.15) is 5.10 Å². The highest BCUT2D eigenvalue weighted by molar-refractivity contribution is 7.19. The molecule has 0 bridgehead atoms. The fourth-order valence-corrected chi connectivity index (χ4v) is 3.47. The third-order valence-corrected chi connectivity index (χ3v) is 4.66. The van der Waals surface area contributed by atoms with Crippen LogP contribution in [0.5, 0.6) is 5.75 Å². The van der Waals surface area contributed by atoms with Gasteiger partial charge in [0.25, 0.3) is 0 Å². The molecule has 0 aliphatic rings. The Morgan fingerprint density at radius 3 is 2.95 bits per heavy atom. The van der Waals surface area contributed by atoms with Crippen molar-refractivity contribution in [3.63, 3.8) is 0 Å². The molecule has 0 fully saturated rings. The van der Waals surface area contributed by atoms with E-state index in [1.165, 1.54) is 12.1 Å². The Balaban J connectivity index is 2.07. The van der Waals surface area contributed by atoms with E-state index in [2.05, 4.69) is 5.10 Å². The van der Waals surface area contributed by atoms with Gasteiger partial charge in [0.2, 0.25) is 0 Å². The summed E-state index contributed by atoms with van der Waals surface area (Å²) in [6.07, 6.45) is 1.67. The molecule has 2 heterocycles. The minimum atomic E-state index is -0.345. The molecule has 2 N–H and O–H groups in total. The van der Waals surface area contributed by atoms with E-state index < -0.39 is 0 Å². The number of thiophene rings is 1. The Kier molecular flexibility index (Phi) is 3.65. The first-order valence-corrected chi connectivity index (χ1v) is 7.50. The van der Waals surface area contributed by atoms with Crippen LogP contribution in [0.3, 0.4) is 0 Å². The molecule has 0 spiro atoms. The predicted octanol–water partition coefficient (Wildman–Crippen LogP) is 3.31. The molecule has 0 saturated carbocycles. The fraction of sp³-hybridized carbons (Fsp3) is 0.267. The number of rotatable bonds is 4. The Bertz CT molecular complexity index is 759. The van der Waals surface area contributed by atoms with E-state index in [4.69, 9.17) is 10.5 Å². The van der Waals surface area contributed by atoms with Gasteiger partial charge in [-0.1, -0.05) is 0 Å². The topological polar surface area (TPSA) is 53.1 Å². The average molecular weight is 305 g/mol. The first-order chi connectivity index (χ1) is 10.1. The number of methoxy groups -OCH3 is 1. The molecule has 3 aromatic rings. The van der Waals surface area contributed by atoms with Crippen LogP contribution in [0.4, 0.5) is 4.39 Å². The van der Waals surface area contributed by atoms with E-state index in [-0.39, 0.29) is 11.9 Å². The summed E-state index contributed by atoms with van der Waals surface area (Å²) < 4.78 is 21.5. The van der Waals surface area contributed by atoms with Crippen LogP contribution in [0.15, 0.2) is 30.5 Å². The Labute approximate surface area is 125 Å². The van der Waals surface area contributed by atoms with Crippen molar-refractivity contribution in [1.82, 2.24) is 9.78 Å². The summed E-state index contributed by atoms with van der Waals surface area (Å²) in [6.45, 7) is 2.72. The largest absolute Gasteiger partial charge is 0.493 e. The highest BCUT2D eigenvalue weighted by Gasteiger charge is 2.21. The highest BCUT2D eigenvalue weighted by Crippen LogP contribution is 2.35. The van der Waals surface area contributed by atoms with Gasteiger partial charge in [-0.05, 0) is 36.6 Å². The van der Waals surface area contributed by atoms with Crippen molar-refractivity contribution in [2.45, 2.75) is 19.5 Å². The van der Waals surface area contributed by atoms with E-state index >= 15 is 0 Å². The SMILES string of the molecule is CCn1ncc(OC)c1C(N)c1cc2cc(F)ccc2s1. The molecule has 6 heteroatoms. The summed E-state index contributed by atoms with van der Waals surface area (Å²) in [5, 5.41) is 5.14. The van der Waals surface area contributed by atoms with E-state index in [0.29, 0.717) is 12.3 Å². The standard InChI is InChI=1S/C15H16FN3OS/c1-3-19-15(11(20-2)8-18-19)14(17)13-7-9-6-10(16)4-5-12(9)21-13/h4-8,14H,3,17H2,1-2H3. The van der Waals surface area contributed by atoms with Crippen LogP contribution >= 0.6 is 11.3 Å². The van der Waals surface area contributed by atoms with Crippen LogP contribution < -0.4 is 10.5 Å². The number of halogens is 1. The van der Waals surface area contributed by atoms with Crippen LogP contribution in [-0.4, -0.2) is 16.9 Å². The molecule has 1 unspecified atom stereocenters. The lowest BCUT2D eigenvalue weighted by Crippen LogP contribution is -2.17. The average Bonchev–Trinajstić information content (AvgIpc) is 3.08. The minimum Gasteiger partial charge on any atom is -0.493 e. The summed E-state index contributed by atoms with van der Waals surface area (Å²) >= 11 is 1.56. The number of aryl methyl sites for hydroxylation is 1. The Morgan fingerprint density at radius 1 is 1.43 bits per heavy atom. The molecule has 0 saturated heterocycles. The van der Waals surface area contributed by atoms with E-state index in [9.17, 15) is 4.39 Å². The van der Waals surface area contributed by atoms with Gasteiger partial charge < -0.3 is 10.5 Å². The molecule has 0 aliphatic heterocycles. The lowest BCUT2D eigenvalue weighted by Gasteiger charge is -2.13. The maximum Gasteiger partial charge on any atom is 0.161 e. The molecule has 2 aromatic heterocycles. The van der Waals surface area contributed by atoms with Gasteiger partial charge in [0, 0.05) is 16.1 Å². The second-order valence-electron chi connectivity index (χ2n) is 4.72. The zero-order valence-electron chi connectivity index (χ0n) is 11.8. The smallest absolute Gasteiger partial charge is 0.161 e. The molecule has 0 radical (unpaired) electrons. The van der Waals surface area contributed by atoms with Gasteiger partial charge in [0.05, 0.1) is 19.3 Å². The molecule has 0 amide bonds. The molecule has 4 nitrogen and oxygen atoms in total. The van der Waals surface area contributed by atoms with Crippen LogP contribution in [0.25, 0.3) is 10.1 Å². The number of hydrogen-bond acceptors (Lipinski definition) is 4. The van der Waals surface area contributed by atoms with Crippen LogP contribution in [-0.2, 0) is 6.54 Å². The van der Waals surface area contributed by atoms with Gasteiger partial charge in [-0.15, -0.1) is 11.3 Å². The number of aromatic nitrogens is 2. The van der Waals surface area contributed by atoms with Crippen molar-refractivity contribution in [2.75, 3.05) is 7.11 Å². The summed E-state index contributed by atoms with van der Waals surface area (Å²) in [5.74, 6) is 0.435. The number of ether oxygens (including phenoxy) is 1. The second kappa shape index (κ2) is 5.46. The Morgan fingerprint density at radius 2 is 2.24 bits per heavy atom. The van der Waals surface area contributed by atoms with Crippen LogP contribution in [0.1, 0.15) is 23.5 Å². The van der Waals surface area contributed by atoms with Crippen molar-refractivity contribution >= 4 is 21.4 Å². The van der Waals surface area contributed by atoms with Gasteiger partial charge in [0.1, 0.15) is 11.5 Å². The minimum absolute atomic E-state index is 0.239. The van der Waals surface area contributed by atoms with Crippen LogP contribution in [0.2, 0.25) is 0 Å². The Hall–Kier alpha value is -1.92. The maximum atomic E-state index is 13.3. The zero-order valence-corrected chi connectivity index (χ0v) is 12.7. The van der Waals surface area contributed by atoms with E-state index in [1.54, 1.807) is 30.7 Å². The van der Waals surface area contributed by atoms with Gasteiger partial charge >= 0.3 is 0 Å². The van der Waals surface area contributed by atoms with E-state index in [0.717, 1.165) is 20.7 Å². The van der Waals surface area contributed by atoms with Gasteiger partial charge in [-0.25, -0.2) is 4.39 Å². The maximum absolute atomic E-state index is 13.3. The van der Waals surface area contributed by atoms with Crippen molar-refractivity contribution in [3.05, 3.63) is 46.9 Å². The second-order valence-corrected chi connectivity index (χ2v) is 5.84. The number of hydrogen-bond donors (Lipinski definition) is 1.